The Hall–Kier alpha value is -1.01. The molecule has 1 rings (SSSR count). The molecule has 12 heavy (non-hydrogen) atoms. The minimum atomic E-state index is 0.422. The highest BCUT2D eigenvalue weighted by Crippen LogP contribution is 2.05. The van der Waals surface area contributed by atoms with Crippen molar-refractivity contribution in [1.29, 1.82) is 5.26 Å². The normalized spacial score (nSPS) is 15.0. The van der Waals surface area contributed by atoms with Gasteiger partial charge in [0, 0.05) is 12.2 Å². The Kier molecular flexibility index (Phi) is 5.14. The highest BCUT2D eigenvalue weighted by Gasteiger charge is 2.12. The van der Waals surface area contributed by atoms with E-state index in [2.05, 4.69) is 25.3 Å². The van der Waals surface area contributed by atoms with E-state index in [0.29, 0.717) is 12.6 Å². The molecule has 1 aliphatic heterocycles. The van der Waals surface area contributed by atoms with E-state index >= 15 is 0 Å². The molecule has 0 aromatic rings. The molecule has 0 radical (unpaired) electrons. The standard InChI is InChI=1S/C7H11N3.C2H6/c1-6(2)10-5-7(3-8)4-9-10;1-2/h5-6,9H,4H2,1-2H3;1-2H3. The van der Waals surface area contributed by atoms with E-state index < -0.39 is 0 Å². The van der Waals surface area contributed by atoms with E-state index in [-0.39, 0.29) is 0 Å². The van der Waals surface area contributed by atoms with Crippen LogP contribution in [0.15, 0.2) is 11.8 Å². The predicted octanol–water partition coefficient (Wildman–Crippen LogP) is 1.65. The maximum Gasteiger partial charge on any atom is 0.0977 e. The molecule has 1 heterocycles. The minimum Gasteiger partial charge on any atom is -0.312 e. The molecule has 0 saturated carbocycles. The van der Waals surface area contributed by atoms with Crippen molar-refractivity contribution in [1.82, 2.24) is 10.4 Å². The molecule has 0 unspecified atom stereocenters. The van der Waals surface area contributed by atoms with Crippen molar-refractivity contribution >= 4 is 0 Å². The van der Waals surface area contributed by atoms with E-state index in [1.807, 2.05) is 25.1 Å². The predicted molar refractivity (Wildman–Crippen MR) is 50.0 cm³/mol. The average molecular weight is 167 g/mol. The number of rotatable bonds is 1. The first-order valence-corrected chi connectivity index (χ1v) is 4.36. The summed E-state index contributed by atoms with van der Waals surface area (Å²) in [6.07, 6.45) is 1.85. The molecule has 3 nitrogen and oxygen atoms in total. The van der Waals surface area contributed by atoms with Crippen LogP contribution in [0, 0.1) is 11.3 Å². The van der Waals surface area contributed by atoms with Crippen molar-refractivity contribution in [2.75, 3.05) is 6.54 Å². The number of nitrogens with zero attached hydrogens (tertiary/aromatic N) is 2. The van der Waals surface area contributed by atoms with Crippen LogP contribution >= 0.6 is 0 Å². The molecule has 0 aliphatic carbocycles. The van der Waals surface area contributed by atoms with Gasteiger partial charge in [0.2, 0.25) is 0 Å². The fraction of sp³-hybridized carbons (Fsp3) is 0.667. The van der Waals surface area contributed by atoms with Crippen molar-refractivity contribution in [2.24, 2.45) is 0 Å². The SMILES string of the molecule is CC.CC(C)N1C=C(C#N)CN1. The van der Waals surface area contributed by atoms with E-state index in [0.717, 1.165) is 5.57 Å². The second-order valence-corrected chi connectivity index (χ2v) is 2.60. The van der Waals surface area contributed by atoms with Crippen molar-refractivity contribution in [3.8, 4) is 6.07 Å². The van der Waals surface area contributed by atoms with Crippen LogP contribution in [-0.2, 0) is 0 Å². The molecular weight excluding hydrogens is 150 g/mol. The molecule has 0 aromatic heterocycles. The maximum atomic E-state index is 8.48. The summed E-state index contributed by atoms with van der Waals surface area (Å²) in [5.41, 5.74) is 3.88. The molecule has 0 saturated heterocycles. The van der Waals surface area contributed by atoms with Gasteiger partial charge in [-0.05, 0) is 13.8 Å². The summed E-state index contributed by atoms with van der Waals surface area (Å²) in [4.78, 5) is 0. The Morgan fingerprint density at radius 2 is 2.17 bits per heavy atom. The molecule has 0 amide bonds. The lowest BCUT2D eigenvalue weighted by Crippen LogP contribution is -2.34. The highest BCUT2D eigenvalue weighted by molar-refractivity contribution is 5.24. The molecular formula is C9H17N3. The summed E-state index contributed by atoms with van der Waals surface area (Å²) in [7, 11) is 0. The van der Waals surface area contributed by atoms with E-state index in [4.69, 9.17) is 5.26 Å². The van der Waals surface area contributed by atoms with Crippen LogP contribution in [0.25, 0.3) is 0 Å². The Bertz CT molecular complexity index is 188. The minimum absolute atomic E-state index is 0.422. The van der Waals surface area contributed by atoms with Crippen LogP contribution in [0.2, 0.25) is 0 Å². The van der Waals surface area contributed by atoms with Crippen LogP contribution in [0.1, 0.15) is 27.7 Å². The molecule has 0 atom stereocenters. The van der Waals surface area contributed by atoms with E-state index in [9.17, 15) is 0 Å². The summed E-state index contributed by atoms with van der Waals surface area (Å²) in [5, 5.41) is 10.4. The van der Waals surface area contributed by atoms with Crippen LogP contribution < -0.4 is 5.43 Å². The Balaban J connectivity index is 0.000000561. The van der Waals surface area contributed by atoms with Crippen molar-refractivity contribution in [3.05, 3.63) is 11.8 Å². The smallest absolute Gasteiger partial charge is 0.0977 e. The Labute approximate surface area is 74.6 Å². The van der Waals surface area contributed by atoms with Gasteiger partial charge in [0.05, 0.1) is 18.2 Å². The lowest BCUT2D eigenvalue weighted by atomic mass is 10.3. The van der Waals surface area contributed by atoms with Crippen molar-refractivity contribution in [2.45, 2.75) is 33.7 Å². The second kappa shape index (κ2) is 5.62. The number of nitriles is 1. The van der Waals surface area contributed by atoms with Crippen LogP contribution in [0.3, 0.4) is 0 Å². The highest BCUT2D eigenvalue weighted by atomic mass is 15.5. The van der Waals surface area contributed by atoms with Gasteiger partial charge in [-0.3, -0.25) is 0 Å². The van der Waals surface area contributed by atoms with Crippen LogP contribution in [0.4, 0.5) is 0 Å². The Morgan fingerprint density at radius 1 is 1.58 bits per heavy atom. The van der Waals surface area contributed by atoms with Gasteiger partial charge >= 0.3 is 0 Å². The van der Waals surface area contributed by atoms with Crippen LogP contribution in [0.5, 0.6) is 0 Å². The maximum absolute atomic E-state index is 8.48. The van der Waals surface area contributed by atoms with Gasteiger partial charge < -0.3 is 5.01 Å². The molecule has 3 heteroatoms. The van der Waals surface area contributed by atoms with Gasteiger partial charge in [-0.1, -0.05) is 13.8 Å². The summed E-state index contributed by atoms with van der Waals surface area (Å²) >= 11 is 0. The van der Waals surface area contributed by atoms with Gasteiger partial charge in [-0.15, -0.1) is 0 Å². The zero-order chi connectivity index (χ0) is 9.56. The third-order valence-electron chi connectivity index (χ3n) is 1.45. The third-order valence-corrected chi connectivity index (χ3v) is 1.45. The van der Waals surface area contributed by atoms with Crippen LogP contribution in [-0.4, -0.2) is 17.6 Å². The zero-order valence-electron chi connectivity index (χ0n) is 8.26. The van der Waals surface area contributed by atoms with Gasteiger partial charge in [-0.25, -0.2) is 5.43 Å². The summed E-state index contributed by atoms with van der Waals surface area (Å²) in [6.45, 7) is 8.82. The molecule has 1 N–H and O–H groups in total. The number of hydrogen-bond acceptors (Lipinski definition) is 3. The molecule has 1 aliphatic rings. The molecule has 0 fully saturated rings. The molecule has 0 aromatic carbocycles. The van der Waals surface area contributed by atoms with Crippen molar-refractivity contribution in [3.63, 3.8) is 0 Å². The number of hydrazine groups is 1. The quantitative estimate of drug-likeness (QED) is 0.645. The fourth-order valence-corrected chi connectivity index (χ4v) is 0.836. The first-order valence-electron chi connectivity index (χ1n) is 4.36. The third kappa shape index (κ3) is 2.93. The Morgan fingerprint density at radius 3 is 2.42 bits per heavy atom. The van der Waals surface area contributed by atoms with Gasteiger partial charge in [0.1, 0.15) is 0 Å². The molecule has 0 spiro atoms. The number of hydrogen-bond donors (Lipinski definition) is 1. The average Bonchev–Trinajstić information content (AvgIpc) is 2.55. The van der Waals surface area contributed by atoms with Gasteiger partial charge in [-0.2, -0.15) is 5.26 Å². The van der Waals surface area contributed by atoms with Gasteiger partial charge in [0.25, 0.3) is 0 Å². The zero-order valence-corrected chi connectivity index (χ0v) is 8.26. The monoisotopic (exact) mass is 167 g/mol. The summed E-state index contributed by atoms with van der Waals surface area (Å²) in [6, 6.07) is 2.53. The first-order chi connectivity index (χ1) is 5.74. The van der Waals surface area contributed by atoms with E-state index in [1.165, 1.54) is 0 Å². The molecule has 0 bridgehead atoms. The van der Waals surface area contributed by atoms with Gasteiger partial charge in [0.15, 0.2) is 0 Å². The number of nitrogens with one attached hydrogen (secondary N) is 1. The lowest BCUT2D eigenvalue weighted by Gasteiger charge is -2.19. The summed E-state index contributed by atoms with van der Waals surface area (Å²) < 4.78 is 0. The fourth-order valence-electron chi connectivity index (χ4n) is 0.836. The van der Waals surface area contributed by atoms with Crippen molar-refractivity contribution < 1.29 is 0 Å². The molecule has 68 valence electrons. The topological polar surface area (TPSA) is 39.1 Å². The first kappa shape index (κ1) is 11.0. The van der Waals surface area contributed by atoms with E-state index in [1.54, 1.807) is 0 Å². The summed E-state index contributed by atoms with van der Waals surface area (Å²) in [5.74, 6) is 0. The lowest BCUT2D eigenvalue weighted by molar-refractivity contribution is 0.250. The largest absolute Gasteiger partial charge is 0.312 e. The second-order valence-electron chi connectivity index (χ2n) is 2.60.